The summed E-state index contributed by atoms with van der Waals surface area (Å²) in [6, 6.07) is 4.86. The average molecular weight is 363 g/mol. The Balaban J connectivity index is 2.83. The van der Waals surface area contributed by atoms with E-state index in [1.165, 1.54) is 0 Å². The minimum atomic E-state index is -0.925. The van der Waals surface area contributed by atoms with Crippen molar-refractivity contribution in [3.8, 4) is 0 Å². The van der Waals surface area contributed by atoms with Gasteiger partial charge < -0.3 is 10.4 Å². The van der Waals surface area contributed by atoms with Crippen LogP contribution in [0.3, 0.4) is 0 Å². The van der Waals surface area contributed by atoms with E-state index in [-0.39, 0.29) is 12.5 Å². The van der Waals surface area contributed by atoms with Crippen LogP contribution in [0, 0.1) is 5.41 Å². The normalized spacial score (nSPS) is 11.2. The maximum absolute atomic E-state index is 12.1. The highest BCUT2D eigenvalue weighted by atomic mass is 79.9. The van der Waals surface area contributed by atoms with E-state index in [0.29, 0.717) is 27.9 Å². The van der Waals surface area contributed by atoms with Crippen LogP contribution in [-0.2, 0) is 4.79 Å². The third-order valence-electron chi connectivity index (χ3n) is 3.52. The van der Waals surface area contributed by atoms with E-state index in [0.717, 1.165) is 0 Å². The van der Waals surface area contributed by atoms with Gasteiger partial charge in [0, 0.05) is 21.6 Å². The molecule has 20 heavy (non-hydrogen) atoms. The van der Waals surface area contributed by atoms with Crippen molar-refractivity contribution in [1.29, 1.82) is 0 Å². The quantitative estimate of drug-likeness (QED) is 0.810. The monoisotopic (exact) mass is 361 g/mol. The number of hydrogen-bond donors (Lipinski definition) is 2. The summed E-state index contributed by atoms with van der Waals surface area (Å²) in [5.74, 6) is -1.23. The Labute approximate surface area is 131 Å². The van der Waals surface area contributed by atoms with Gasteiger partial charge in [0.1, 0.15) is 0 Å². The van der Waals surface area contributed by atoms with Crippen molar-refractivity contribution in [2.24, 2.45) is 5.41 Å². The lowest BCUT2D eigenvalue weighted by molar-refractivity contribution is -0.149. The number of benzene rings is 1. The first-order valence-electron chi connectivity index (χ1n) is 6.32. The zero-order chi connectivity index (χ0) is 15.3. The fourth-order valence-electron chi connectivity index (χ4n) is 1.91. The molecule has 0 aliphatic rings. The van der Waals surface area contributed by atoms with Crippen molar-refractivity contribution in [3.05, 3.63) is 33.3 Å². The van der Waals surface area contributed by atoms with Gasteiger partial charge in [0.15, 0.2) is 0 Å². The molecular formula is C14H17BrClNO3. The smallest absolute Gasteiger partial charge is 0.311 e. The number of nitrogens with one attached hydrogen (secondary N) is 1. The number of rotatable bonds is 6. The van der Waals surface area contributed by atoms with Crippen LogP contribution in [0.4, 0.5) is 0 Å². The van der Waals surface area contributed by atoms with E-state index < -0.39 is 11.4 Å². The van der Waals surface area contributed by atoms with Crippen LogP contribution in [0.2, 0.25) is 5.02 Å². The summed E-state index contributed by atoms with van der Waals surface area (Å²) in [6.07, 6.45) is 0.913. The molecule has 1 aromatic carbocycles. The van der Waals surface area contributed by atoms with Crippen molar-refractivity contribution < 1.29 is 14.7 Å². The molecule has 0 radical (unpaired) electrons. The molecule has 110 valence electrons. The Morgan fingerprint density at radius 3 is 2.35 bits per heavy atom. The molecule has 6 heteroatoms. The molecule has 4 nitrogen and oxygen atoms in total. The molecule has 0 spiro atoms. The van der Waals surface area contributed by atoms with Gasteiger partial charge in [-0.25, -0.2) is 0 Å². The Morgan fingerprint density at radius 1 is 1.30 bits per heavy atom. The molecule has 0 aliphatic carbocycles. The highest BCUT2D eigenvalue weighted by Crippen LogP contribution is 2.26. The largest absolute Gasteiger partial charge is 0.481 e. The van der Waals surface area contributed by atoms with Gasteiger partial charge in [0.05, 0.1) is 5.41 Å². The number of carbonyl (C=O) groups excluding carboxylic acids is 1. The Bertz CT molecular complexity index is 495. The zero-order valence-corrected chi connectivity index (χ0v) is 13.7. The number of carboxylic acids is 1. The van der Waals surface area contributed by atoms with Gasteiger partial charge in [-0.05, 0) is 31.0 Å². The predicted octanol–water partition coefficient (Wildman–Crippen LogP) is 3.72. The number of halogens is 2. The van der Waals surface area contributed by atoms with Gasteiger partial charge in [-0.2, -0.15) is 0 Å². The fraction of sp³-hybridized carbons (Fsp3) is 0.429. The van der Waals surface area contributed by atoms with Crippen LogP contribution in [0.25, 0.3) is 0 Å². The number of aliphatic carboxylic acids is 1. The van der Waals surface area contributed by atoms with E-state index in [1.54, 1.807) is 32.0 Å². The lowest BCUT2D eigenvalue weighted by Gasteiger charge is -2.26. The number of hydrogen-bond acceptors (Lipinski definition) is 2. The van der Waals surface area contributed by atoms with Crippen LogP contribution < -0.4 is 5.32 Å². The summed E-state index contributed by atoms with van der Waals surface area (Å²) < 4.78 is 0.700. The summed E-state index contributed by atoms with van der Waals surface area (Å²) in [4.78, 5) is 23.4. The van der Waals surface area contributed by atoms with Crippen LogP contribution in [0.1, 0.15) is 37.0 Å². The second kappa shape index (κ2) is 7.09. The molecule has 0 saturated heterocycles. The topological polar surface area (TPSA) is 66.4 Å². The molecule has 0 atom stereocenters. The van der Waals surface area contributed by atoms with E-state index >= 15 is 0 Å². The van der Waals surface area contributed by atoms with E-state index in [1.807, 2.05) is 0 Å². The third kappa shape index (κ3) is 3.96. The molecule has 0 unspecified atom stereocenters. The minimum absolute atomic E-state index is 0.0955. The summed E-state index contributed by atoms with van der Waals surface area (Å²) in [7, 11) is 0. The van der Waals surface area contributed by atoms with Gasteiger partial charge >= 0.3 is 5.97 Å². The van der Waals surface area contributed by atoms with Crippen molar-refractivity contribution in [3.63, 3.8) is 0 Å². The maximum Gasteiger partial charge on any atom is 0.311 e. The summed E-state index contributed by atoms with van der Waals surface area (Å²) >= 11 is 9.15. The second-order valence-electron chi connectivity index (χ2n) is 4.63. The molecule has 1 aromatic rings. The van der Waals surface area contributed by atoms with Crippen LogP contribution in [0.15, 0.2) is 22.7 Å². The predicted molar refractivity (Wildman–Crippen MR) is 82.1 cm³/mol. The van der Waals surface area contributed by atoms with Gasteiger partial charge in [0.2, 0.25) is 0 Å². The SMILES string of the molecule is CCC(CC)(CNC(=O)c1cc(Cl)cc(Br)c1)C(=O)O. The third-order valence-corrected chi connectivity index (χ3v) is 4.20. The van der Waals surface area contributed by atoms with Crippen molar-refractivity contribution in [1.82, 2.24) is 5.32 Å². The van der Waals surface area contributed by atoms with Crippen molar-refractivity contribution >= 4 is 39.4 Å². The lowest BCUT2D eigenvalue weighted by Crippen LogP contribution is -2.42. The Hall–Kier alpha value is -1.07. The van der Waals surface area contributed by atoms with Crippen molar-refractivity contribution in [2.45, 2.75) is 26.7 Å². The molecule has 0 fully saturated rings. The first kappa shape index (κ1) is 17.0. The van der Waals surface area contributed by atoms with Gasteiger partial charge in [-0.1, -0.05) is 41.4 Å². The molecule has 0 bridgehead atoms. The Kier molecular flexibility index (Phi) is 6.02. The van der Waals surface area contributed by atoms with E-state index in [4.69, 9.17) is 11.6 Å². The number of carbonyl (C=O) groups is 2. The van der Waals surface area contributed by atoms with Crippen LogP contribution >= 0.6 is 27.5 Å². The molecule has 2 N–H and O–H groups in total. The molecule has 1 amide bonds. The first-order chi connectivity index (χ1) is 9.34. The van der Waals surface area contributed by atoms with Crippen LogP contribution in [-0.4, -0.2) is 23.5 Å². The highest BCUT2D eigenvalue weighted by Gasteiger charge is 2.35. The van der Waals surface area contributed by atoms with Gasteiger partial charge in [-0.3, -0.25) is 9.59 Å². The second-order valence-corrected chi connectivity index (χ2v) is 5.99. The summed E-state index contributed by atoms with van der Waals surface area (Å²) in [6.45, 7) is 3.71. The van der Waals surface area contributed by atoms with Crippen molar-refractivity contribution in [2.75, 3.05) is 6.54 Å². The first-order valence-corrected chi connectivity index (χ1v) is 7.49. The number of carboxylic acid groups (broad SMARTS) is 1. The maximum atomic E-state index is 12.1. The fourth-order valence-corrected chi connectivity index (χ4v) is 2.77. The lowest BCUT2D eigenvalue weighted by atomic mass is 9.82. The van der Waals surface area contributed by atoms with E-state index in [9.17, 15) is 14.7 Å². The summed E-state index contributed by atoms with van der Waals surface area (Å²) in [5.41, 5.74) is -0.526. The van der Waals surface area contributed by atoms with Crippen LogP contribution in [0.5, 0.6) is 0 Å². The minimum Gasteiger partial charge on any atom is -0.481 e. The molecule has 0 heterocycles. The van der Waals surface area contributed by atoms with E-state index in [2.05, 4.69) is 21.2 Å². The number of amides is 1. The molecular weight excluding hydrogens is 346 g/mol. The molecule has 0 aromatic heterocycles. The Morgan fingerprint density at radius 2 is 1.90 bits per heavy atom. The van der Waals surface area contributed by atoms with Gasteiger partial charge in [-0.15, -0.1) is 0 Å². The average Bonchev–Trinajstić information content (AvgIpc) is 2.38. The summed E-state index contributed by atoms with van der Waals surface area (Å²) in [5, 5.41) is 12.4. The zero-order valence-electron chi connectivity index (χ0n) is 11.4. The van der Waals surface area contributed by atoms with Gasteiger partial charge in [0.25, 0.3) is 5.91 Å². The molecule has 0 saturated carbocycles. The molecule has 0 aliphatic heterocycles. The molecule has 1 rings (SSSR count). The highest BCUT2D eigenvalue weighted by molar-refractivity contribution is 9.10. The standard InChI is InChI=1S/C14H17BrClNO3/c1-3-14(4-2,13(19)20)8-17-12(18)9-5-10(15)7-11(16)6-9/h5-7H,3-4,8H2,1-2H3,(H,17,18)(H,19,20).